The minimum Gasteiger partial charge on any atom is -0.444 e. The Morgan fingerprint density at radius 1 is 1.19 bits per heavy atom. The molecular formula is C21H36N6O4. The molecule has 1 aromatic heterocycles. The molecule has 0 aliphatic carbocycles. The molecule has 31 heavy (non-hydrogen) atoms. The molecule has 1 aromatic rings. The molecule has 1 aliphatic rings. The van der Waals surface area contributed by atoms with E-state index in [2.05, 4.69) is 10.4 Å². The van der Waals surface area contributed by atoms with Gasteiger partial charge in [0.25, 0.3) is 0 Å². The summed E-state index contributed by atoms with van der Waals surface area (Å²) in [6.07, 6.45) is 2.75. The van der Waals surface area contributed by atoms with Crippen molar-refractivity contribution in [2.75, 3.05) is 39.8 Å². The first-order valence-electron chi connectivity index (χ1n) is 10.6. The highest BCUT2D eigenvalue weighted by Crippen LogP contribution is 2.24. The lowest BCUT2D eigenvalue weighted by Crippen LogP contribution is -2.54. The van der Waals surface area contributed by atoms with Crippen molar-refractivity contribution < 1.29 is 19.1 Å². The number of nitrogens with zero attached hydrogens (tertiary/aromatic N) is 5. The molecule has 0 spiro atoms. The molecule has 1 saturated heterocycles. The predicted octanol–water partition coefficient (Wildman–Crippen LogP) is 0.997. The monoisotopic (exact) mass is 436 g/mol. The maximum atomic E-state index is 13.4. The number of amides is 3. The second-order valence-electron chi connectivity index (χ2n) is 9.26. The van der Waals surface area contributed by atoms with Gasteiger partial charge in [-0.2, -0.15) is 5.10 Å². The predicted molar refractivity (Wildman–Crippen MR) is 116 cm³/mol. The van der Waals surface area contributed by atoms with Crippen LogP contribution in [0.4, 0.5) is 4.79 Å². The van der Waals surface area contributed by atoms with Gasteiger partial charge in [0.05, 0.1) is 12.7 Å². The Hall–Kier alpha value is -2.62. The molecule has 0 aromatic carbocycles. The number of piperazine rings is 1. The van der Waals surface area contributed by atoms with Crippen molar-refractivity contribution in [3.05, 3.63) is 18.0 Å². The topological polar surface area (TPSA) is 100 Å². The average Bonchev–Trinajstić information content (AvgIpc) is 3.06. The zero-order chi connectivity index (χ0) is 23.3. The number of carbonyl (C=O) groups excluding carboxylic acids is 3. The molecule has 0 bridgehead atoms. The molecule has 0 radical (unpaired) electrons. The van der Waals surface area contributed by atoms with Crippen LogP contribution in [-0.2, 0) is 21.4 Å². The van der Waals surface area contributed by atoms with Crippen molar-refractivity contribution in [1.82, 2.24) is 29.8 Å². The first-order valence-corrected chi connectivity index (χ1v) is 10.6. The van der Waals surface area contributed by atoms with Crippen molar-refractivity contribution in [1.29, 1.82) is 0 Å². The van der Waals surface area contributed by atoms with Gasteiger partial charge in [0, 0.05) is 58.1 Å². The van der Waals surface area contributed by atoms with Gasteiger partial charge in [0.15, 0.2) is 0 Å². The van der Waals surface area contributed by atoms with Crippen molar-refractivity contribution in [2.45, 2.75) is 52.3 Å². The van der Waals surface area contributed by atoms with Crippen LogP contribution in [0, 0.1) is 0 Å². The van der Waals surface area contributed by atoms with Crippen LogP contribution in [-0.4, -0.2) is 93.8 Å². The van der Waals surface area contributed by atoms with E-state index in [9.17, 15) is 14.4 Å². The van der Waals surface area contributed by atoms with Gasteiger partial charge < -0.3 is 15.0 Å². The van der Waals surface area contributed by atoms with E-state index in [0.29, 0.717) is 38.3 Å². The minimum atomic E-state index is -0.834. The Bertz CT molecular complexity index is 777. The number of ether oxygens (including phenoxy) is 1. The molecule has 1 fully saturated rings. The van der Waals surface area contributed by atoms with E-state index >= 15 is 0 Å². The zero-order valence-corrected chi connectivity index (χ0v) is 19.7. The molecule has 3 amide bonds. The van der Waals surface area contributed by atoms with Crippen LogP contribution in [0.3, 0.4) is 0 Å². The van der Waals surface area contributed by atoms with Gasteiger partial charge in [-0.15, -0.1) is 0 Å². The molecule has 1 N–H and O–H groups in total. The number of hydrogen-bond acceptors (Lipinski definition) is 6. The Morgan fingerprint density at radius 2 is 1.81 bits per heavy atom. The van der Waals surface area contributed by atoms with Crippen LogP contribution in [0.2, 0.25) is 0 Å². The third kappa shape index (κ3) is 7.23. The number of likely N-dealkylation sites (N-methyl/N-ethyl adjacent to an activating group) is 1. The Kier molecular flexibility index (Phi) is 8.05. The van der Waals surface area contributed by atoms with Crippen molar-refractivity contribution >= 4 is 17.9 Å². The summed E-state index contributed by atoms with van der Waals surface area (Å²) in [5.41, 5.74) is -0.0459. The van der Waals surface area contributed by atoms with Gasteiger partial charge in [-0.1, -0.05) is 0 Å². The second kappa shape index (κ2) is 10.1. The van der Waals surface area contributed by atoms with E-state index in [1.807, 2.05) is 18.7 Å². The second-order valence-corrected chi connectivity index (χ2v) is 9.26. The Morgan fingerprint density at radius 3 is 2.29 bits per heavy atom. The molecule has 1 aliphatic heterocycles. The molecule has 0 saturated carbocycles. The average molecular weight is 437 g/mol. The van der Waals surface area contributed by atoms with E-state index in [1.165, 1.54) is 4.90 Å². The molecule has 174 valence electrons. The van der Waals surface area contributed by atoms with Gasteiger partial charge in [-0.05, 0) is 34.6 Å². The lowest BCUT2D eigenvalue weighted by molar-refractivity contribution is -0.138. The van der Waals surface area contributed by atoms with Gasteiger partial charge in [0.2, 0.25) is 11.8 Å². The van der Waals surface area contributed by atoms with Crippen LogP contribution in [0.15, 0.2) is 12.4 Å². The summed E-state index contributed by atoms with van der Waals surface area (Å²) < 4.78 is 7.08. The van der Waals surface area contributed by atoms with Crippen LogP contribution < -0.4 is 5.32 Å². The summed E-state index contributed by atoms with van der Waals surface area (Å²) in [6.45, 7) is 11.7. The Balaban J connectivity index is 2.08. The molecule has 2 rings (SSSR count). The lowest BCUT2D eigenvalue weighted by atomic mass is 10.1. The van der Waals surface area contributed by atoms with Crippen LogP contribution >= 0.6 is 0 Å². The largest absolute Gasteiger partial charge is 0.444 e. The lowest BCUT2D eigenvalue weighted by Gasteiger charge is -2.38. The third-order valence-corrected chi connectivity index (χ3v) is 4.84. The SMILES string of the molecule is CC(C)NC(=O)CN1CCN(C(=O)[C@@H](c2cnn(C)c2)N(C)C(=O)OC(C)(C)C)CC1. The van der Waals surface area contributed by atoms with E-state index in [-0.39, 0.29) is 17.9 Å². The van der Waals surface area contributed by atoms with E-state index in [4.69, 9.17) is 4.74 Å². The summed E-state index contributed by atoms with van der Waals surface area (Å²) in [5.74, 6) is -0.208. The van der Waals surface area contributed by atoms with Crippen molar-refractivity contribution in [3.8, 4) is 0 Å². The maximum absolute atomic E-state index is 13.4. The summed E-state index contributed by atoms with van der Waals surface area (Å²) in [7, 11) is 3.33. The fraction of sp³-hybridized carbons (Fsp3) is 0.714. The molecule has 10 heteroatoms. The summed E-state index contributed by atoms with van der Waals surface area (Å²) in [4.78, 5) is 43.2. The van der Waals surface area contributed by atoms with Crippen molar-refractivity contribution in [3.63, 3.8) is 0 Å². The van der Waals surface area contributed by atoms with Crippen LogP contribution in [0.25, 0.3) is 0 Å². The minimum absolute atomic E-state index is 0.0207. The first-order chi connectivity index (χ1) is 14.4. The van der Waals surface area contributed by atoms with E-state index in [1.54, 1.807) is 56.8 Å². The number of aromatic nitrogens is 2. The fourth-order valence-electron chi connectivity index (χ4n) is 3.42. The number of carbonyl (C=O) groups is 3. The summed E-state index contributed by atoms with van der Waals surface area (Å²) >= 11 is 0. The number of hydrogen-bond donors (Lipinski definition) is 1. The van der Waals surface area contributed by atoms with Crippen LogP contribution in [0.5, 0.6) is 0 Å². The standard InChI is InChI=1S/C21H36N6O4/c1-15(2)23-17(28)14-26-8-10-27(11-9-26)19(29)18(16-12-22-24(6)13-16)25(7)20(30)31-21(3,4)5/h12-13,15,18H,8-11,14H2,1-7H3,(H,23,28)/t18-/m1/s1. The molecule has 10 nitrogen and oxygen atoms in total. The van der Waals surface area contributed by atoms with E-state index < -0.39 is 17.7 Å². The number of nitrogens with one attached hydrogen (secondary N) is 1. The quantitative estimate of drug-likeness (QED) is 0.714. The normalized spacial score (nSPS) is 16.2. The number of aryl methyl sites for hydroxylation is 1. The highest BCUT2D eigenvalue weighted by atomic mass is 16.6. The molecule has 1 atom stereocenters. The van der Waals surface area contributed by atoms with Gasteiger partial charge in [-0.3, -0.25) is 24.1 Å². The van der Waals surface area contributed by atoms with Crippen LogP contribution in [0.1, 0.15) is 46.2 Å². The first kappa shape index (κ1) is 24.6. The number of rotatable bonds is 6. The molecule has 0 unspecified atom stereocenters. The maximum Gasteiger partial charge on any atom is 0.410 e. The van der Waals surface area contributed by atoms with Gasteiger partial charge in [0.1, 0.15) is 11.6 Å². The van der Waals surface area contributed by atoms with Gasteiger partial charge in [-0.25, -0.2) is 4.79 Å². The molecule has 2 heterocycles. The molecular weight excluding hydrogens is 400 g/mol. The third-order valence-electron chi connectivity index (χ3n) is 4.84. The highest BCUT2D eigenvalue weighted by Gasteiger charge is 2.36. The fourth-order valence-corrected chi connectivity index (χ4v) is 3.42. The van der Waals surface area contributed by atoms with E-state index in [0.717, 1.165) is 0 Å². The smallest absolute Gasteiger partial charge is 0.410 e. The summed E-state index contributed by atoms with van der Waals surface area (Å²) in [6, 6.07) is -0.738. The van der Waals surface area contributed by atoms with Crippen molar-refractivity contribution in [2.24, 2.45) is 7.05 Å². The van der Waals surface area contributed by atoms with Gasteiger partial charge >= 0.3 is 6.09 Å². The highest BCUT2D eigenvalue weighted by molar-refractivity contribution is 5.87. The Labute approximate surface area is 184 Å². The summed E-state index contributed by atoms with van der Waals surface area (Å²) in [5, 5.41) is 7.05. The zero-order valence-electron chi connectivity index (χ0n) is 19.7.